The number of rotatable bonds is 6. The van der Waals surface area contributed by atoms with E-state index in [1.54, 1.807) is 6.92 Å². The van der Waals surface area contributed by atoms with Gasteiger partial charge in [0.15, 0.2) is 0 Å². The molecule has 90 valence electrons. The Balaban J connectivity index is 2.39. The molecule has 3 heteroatoms. The summed E-state index contributed by atoms with van der Waals surface area (Å²) in [5.41, 5.74) is 1.13. The maximum absolute atomic E-state index is 9.10. The lowest BCUT2D eigenvalue weighted by atomic mass is 10.2. The van der Waals surface area contributed by atoms with Gasteiger partial charge in [-0.05, 0) is 31.9 Å². The van der Waals surface area contributed by atoms with E-state index in [0.29, 0.717) is 6.61 Å². The lowest BCUT2D eigenvalue weighted by Crippen LogP contribution is -2.09. The molecule has 0 heterocycles. The van der Waals surface area contributed by atoms with Crippen molar-refractivity contribution in [1.82, 2.24) is 0 Å². The minimum Gasteiger partial charge on any atom is -0.494 e. The number of nitrogens with zero attached hydrogens (tertiary/aromatic N) is 1. The molecular weight excluding hydrogens is 202 g/mol. The molecule has 0 bridgehead atoms. The molecule has 0 fully saturated rings. The van der Waals surface area contributed by atoms with Crippen molar-refractivity contribution in [2.75, 3.05) is 25.6 Å². The Morgan fingerprint density at radius 3 is 2.75 bits per heavy atom. The molecule has 0 radical (unpaired) electrons. The van der Waals surface area contributed by atoms with Gasteiger partial charge in [0.25, 0.3) is 0 Å². The van der Waals surface area contributed by atoms with E-state index >= 15 is 0 Å². The molecule has 1 aromatic carbocycles. The summed E-state index contributed by atoms with van der Waals surface area (Å²) in [4.78, 5) is 2.04. The molecule has 0 amide bonds. The minimum atomic E-state index is -0.239. The summed E-state index contributed by atoms with van der Waals surface area (Å²) in [5.74, 6) is 0.886. The summed E-state index contributed by atoms with van der Waals surface area (Å²) >= 11 is 0. The molecule has 1 unspecified atom stereocenters. The highest BCUT2D eigenvalue weighted by atomic mass is 16.5. The Hall–Kier alpha value is -1.22. The normalized spacial score (nSPS) is 12.2. The van der Waals surface area contributed by atoms with Gasteiger partial charge in [0.2, 0.25) is 0 Å². The van der Waals surface area contributed by atoms with Crippen LogP contribution in [0.4, 0.5) is 5.69 Å². The van der Waals surface area contributed by atoms with E-state index in [1.165, 1.54) is 0 Å². The quantitative estimate of drug-likeness (QED) is 0.751. The van der Waals surface area contributed by atoms with E-state index in [9.17, 15) is 0 Å². The monoisotopic (exact) mass is 223 g/mol. The van der Waals surface area contributed by atoms with Gasteiger partial charge in [-0.3, -0.25) is 0 Å². The van der Waals surface area contributed by atoms with Gasteiger partial charge in [-0.1, -0.05) is 6.07 Å². The van der Waals surface area contributed by atoms with E-state index in [0.717, 1.165) is 24.3 Å². The maximum Gasteiger partial charge on any atom is 0.121 e. The van der Waals surface area contributed by atoms with Crippen LogP contribution in [-0.2, 0) is 0 Å². The average Bonchev–Trinajstić information content (AvgIpc) is 2.24. The Morgan fingerprint density at radius 2 is 2.12 bits per heavy atom. The Labute approximate surface area is 97.7 Å². The van der Waals surface area contributed by atoms with Crippen molar-refractivity contribution < 1.29 is 9.84 Å². The number of hydrogen-bond acceptors (Lipinski definition) is 3. The van der Waals surface area contributed by atoms with Crippen LogP contribution in [0, 0.1) is 0 Å². The average molecular weight is 223 g/mol. The molecular formula is C13H21NO2. The van der Waals surface area contributed by atoms with E-state index in [4.69, 9.17) is 9.84 Å². The second kappa shape index (κ2) is 6.38. The van der Waals surface area contributed by atoms with Gasteiger partial charge in [0.05, 0.1) is 12.7 Å². The Kier molecular flexibility index (Phi) is 5.12. The van der Waals surface area contributed by atoms with E-state index in [1.807, 2.05) is 43.3 Å². The number of anilines is 1. The van der Waals surface area contributed by atoms with Gasteiger partial charge in [-0.2, -0.15) is 0 Å². The predicted molar refractivity (Wildman–Crippen MR) is 67.2 cm³/mol. The molecule has 3 nitrogen and oxygen atoms in total. The third-order valence-electron chi connectivity index (χ3n) is 2.37. The number of aliphatic hydroxyl groups is 1. The van der Waals surface area contributed by atoms with Gasteiger partial charge < -0.3 is 14.7 Å². The summed E-state index contributed by atoms with van der Waals surface area (Å²) in [6.45, 7) is 2.45. The summed E-state index contributed by atoms with van der Waals surface area (Å²) in [6, 6.07) is 8.00. The fourth-order valence-electron chi connectivity index (χ4n) is 1.42. The minimum absolute atomic E-state index is 0.239. The zero-order chi connectivity index (χ0) is 12.0. The van der Waals surface area contributed by atoms with Gasteiger partial charge >= 0.3 is 0 Å². The predicted octanol–water partition coefficient (Wildman–Crippen LogP) is 2.29. The standard InChI is InChI=1S/C13H21NO2/c1-11(15)6-5-9-16-13-8-4-7-12(10-13)14(2)3/h4,7-8,10-11,15H,5-6,9H2,1-3H3. The molecule has 0 spiro atoms. The first-order valence-electron chi connectivity index (χ1n) is 5.68. The summed E-state index contributed by atoms with van der Waals surface area (Å²) < 4.78 is 5.61. The summed E-state index contributed by atoms with van der Waals surface area (Å²) in [7, 11) is 4.01. The lowest BCUT2D eigenvalue weighted by Gasteiger charge is -2.14. The number of benzene rings is 1. The van der Waals surface area contributed by atoms with Crippen LogP contribution in [0.25, 0.3) is 0 Å². The highest BCUT2D eigenvalue weighted by Crippen LogP contribution is 2.19. The highest BCUT2D eigenvalue weighted by molar-refractivity contribution is 5.49. The third-order valence-corrected chi connectivity index (χ3v) is 2.37. The van der Waals surface area contributed by atoms with Crippen molar-refractivity contribution in [2.24, 2.45) is 0 Å². The van der Waals surface area contributed by atoms with Crippen LogP contribution in [0.5, 0.6) is 5.75 Å². The number of ether oxygens (including phenoxy) is 1. The van der Waals surface area contributed by atoms with Crippen molar-refractivity contribution in [2.45, 2.75) is 25.9 Å². The lowest BCUT2D eigenvalue weighted by molar-refractivity contribution is 0.170. The zero-order valence-electron chi connectivity index (χ0n) is 10.3. The van der Waals surface area contributed by atoms with Crippen LogP contribution >= 0.6 is 0 Å². The number of hydrogen-bond donors (Lipinski definition) is 1. The maximum atomic E-state index is 9.10. The molecule has 1 aromatic rings. The van der Waals surface area contributed by atoms with Gasteiger partial charge in [-0.15, -0.1) is 0 Å². The van der Waals surface area contributed by atoms with Crippen LogP contribution in [-0.4, -0.2) is 31.9 Å². The van der Waals surface area contributed by atoms with E-state index < -0.39 is 0 Å². The molecule has 0 saturated heterocycles. The first-order valence-corrected chi connectivity index (χ1v) is 5.68. The van der Waals surface area contributed by atoms with Crippen molar-refractivity contribution in [3.63, 3.8) is 0 Å². The molecule has 0 aliphatic rings. The fourth-order valence-corrected chi connectivity index (χ4v) is 1.42. The molecule has 16 heavy (non-hydrogen) atoms. The fraction of sp³-hybridized carbons (Fsp3) is 0.538. The van der Waals surface area contributed by atoms with Gasteiger partial charge in [0, 0.05) is 25.8 Å². The van der Waals surface area contributed by atoms with Crippen LogP contribution < -0.4 is 9.64 Å². The second-order valence-electron chi connectivity index (χ2n) is 4.23. The zero-order valence-corrected chi connectivity index (χ0v) is 10.3. The molecule has 1 N–H and O–H groups in total. The van der Waals surface area contributed by atoms with Gasteiger partial charge in [-0.25, -0.2) is 0 Å². The number of aliphatic hydroxyl groups excluding tert-OH is 1. The largest absolute Gasteiger partial charge is 0.494 e. The van der Waals surface area contributed by atoms with E-state index in [2.05, 4.69) is 0 Å². The highest BCUT2D eigenvalue weighted by Gasteiger charge is 1.99. The molecule has 0 saturated carbocycles. The van der Waals surface area contributed by atoms with Gasteiger partial charge in [0.1, 0.15) is 5.75 Å². The molecule has 0 aromatic heterocycles. The summed E-state index contributed by atoms with van der Waals surface area (Å²) in [5, 5.41) is 9.10. The van der Waals surface area contributed by atoms with Crippen LogP contribution in [0.2, 0.25) is 0 Å². The van der Waals surface area contributed by atoms with Crippen molar-refractivity contribution in [3.8, 4) is 5.75 Å². The molecule has 0 aliphatic carbocycles. The van der Waals surface area contributed by atoms with Crippen molar-refractivity contribution in [1.29, 1.82) is 0 Å². The van der Waals surface area contributed by atoms with E-state index in [-0.39, 0.29) is 6.10 Å². The molecule has 1 atom stereocenters. The van der Waals surface area contributed by atoms with Crippen molar-refractivity contribution >= 4 is 5.69 Å². The van der Waals surface area contributed by atoms with Crippen LogP contribution in [0.15, 0.2) is 24.3 Å². The summed E-state index contributed by atoms with van der Waals surface area (Å²) in [6.07, 6.45) is 1.42. The first-order chi connectivity index (χ1) is 7.59. The van der Waals surface area contributed by atoms with Crippen LogP contribution in [0.3, 0.4) is 0 Å². The Morgan fingerprint density at radius 1 is 1.38 bits per heavy atom. The topological polar surface area (TPSA) is 32.7 Å². The molecule has 0 aliphatic heterocycles. The van der Waals surface area contributed by atoms with Crippen molar-refractivity contribution in [3.05, 3.63) is 24.3 Å². The third kappa shape index (κ3) is 4.53. The molecule has 1 rings (SSSR count). The first kappa shape index (κ1) is 12.8. The SMILES string of the molecule is CC(O)CCCOc1cccc(N(C)C)c1. The Bertz CT molecular complexity index is 311. The smallest absolute Gasteiger partial charge is 0.121 e. The van der Waals surface area contributed by atoms with Crippen LogP contribution in [0.1, 0.15) is 19.8 Å². The second-order valence-corrected chi connectivity index (χ2v) is 4.23.